The number of hydrogen-bond acceptors (Lipinski definition) is 3. The summed E-state index contributed by atoms with van der Waals surface area (Å²) in [6.07, 6.45) is 0.408. The maximum absolute atomic E-state index is 11.4. The fraction of sp³-hybridized carbons (Fsp3) is 0.417. The van der Waals surface area contributed by atoms with Gasteiger partial charge in [0.05, 0.1) is 6.10 Å². The van der Waals surface area contributed by atoms with Gasteiger partial charge >= 0.3 is 5.97 Å². The molecule has 1 unspecified atom stereocenters. The third-order valence-electron chi connectivity index (χ3n) is 1.95. The first-order valence-corrected chi connectivity index (χ1v) is 5.09. The van der Waals surface area contributed by atoms with E-state index in [1.807, 2.05) is 44.2 Å². The van der Waals surface area contributed by atoms with Crippen molar-refractivity contribution in [2.75, 3.05) is 0 Å². The number of ether oxygens (including phenoxy) is 1. The van der Waals surface area contributed by atoms with Gasteiger partial charge in [0.2, 0.25) is 0 Å². The highest BCUT2D eigenvalue weighted by molar-refractivity contribution is 5.76. The second-order valence-electron chi connectivity index (χ2n) is 3.78. The molecule has 0 aliphatic rings. The highest BCUT2D eigenvalue weighted by Crippen LogP contribution is 2.03. The van der Waals surface area contributed by atoms with Crippen LogP contribution in [0.3, 0.4) is 0 Å². The molecule has 15 heavy (non-hydrogen) atoms. The zero-order valence-corrected chi connectivity index (χ0v) is 9.14. The average Bonchev–Trinajstić information content (AvgIpc) is 2.18. The number of esters is 1. The van der Waals surface area contributed by atoms with Gasteiger partial charge in [-0.1, -0.05) is 30.3 Å². The van der Waals surface area contributed by atoms with E-state index in [1.165, 1.54) is 0 Å². The van der Waals surface area contributed by atoms with Crippen LogP contribution in [0.4, 0.5) is 0 Å². The Morgan fingerprint density at radius 1 is 1.33 bits per heavy atom. The van der Waals surface area contributed by atoms with Crippen LogP contribution in [-0.2, 0) is 16.0 Å². The molecule has 1 rings (SSSR count). The van der Waals surface area contributed by atoms with Crippen LogP contribution in [-0.4, -0.2) is 18.1 Å². The molecule has 0 aliphatic heterocycles. The van der Waals surface area contributed by atoms with Crippen LogP contribution in [0.2, 0.25) is 0 Å². The maximum Gasteiger partial charge on any atom is 0.323 e. The van der Waals surface area contributed by atoms with Crippen molar-refractivity contribution < 1.29 is 9.53 Å². The van der Waals surface area contributed by atoms with Gasteiger partial charge in [-0.15, -0.1) is 0 Å². The summed E-state index contributed by atoms with van der Waals surface area (Å²) in [5, 5.41) is 0. The lowest BCUT2D eigenvalue weighted by molar-refractivity contribution is -0.148. The van der Waals surface area contributed by atoms with Gasteiger partial charge in [0.1, 0.15) is 6.04 Å². The Morgan fingerprint density at radius 3 is 2.47 bits per heavy atom. The fourth-order valence-corrected chi connectivity index (χ4v) is 1.27. The second-order valence-corrected chi connectivity index (χ2v) is 3.78. The zero-order chi connectivity index (χ0) is 11.3. The van der Waals surface area contributed by atoms with Gasteiger partial charge in [-0.25, -0.2) is 0 Å². The molecule has 0 radical (unpaired) electrons. The Labute approximate surface area is 90.2 Å². The van der Waals surface area contributed by atoms with Crippen LogP contribution in [0.1, 0.15) is 19.4 Å². The van der Waals surface area contributed by atoms with E-state index < -0.39 is 6.04 Å². The lowest BCUT2D eigenvalue weighted by Crippen LogP contribution is -2.35. The summed E-state index contributed by atoms with van der Waals surface area (Å²) in [6.45, 7) is 3.63. The SMILES string of the molecule is CC(C)OC(=O)C(N)Cc1ccccc1. The van der Waals surface area contributed by atoms with Crippen molar-refractivity contribution in [2.45, 2.75) is 32.4 Å². The molecule has 2 N–H and O–H groups in total. The summed E-state index contributed by atoms with van der Waals surface area (Å²) in [4.78, 5) is 11.4. The smallest absolute Gasteiger partial charge is 0.323 e. The summed E-state index contributed by atoms with van der Waals surface area (Å²) in [5.41, 5.74) is 6.77. The maximum atomic E-state index is 11.4. The van der Waals surface area contributed by atoms with Gasteiger partial charge in [0.15, 0.2) is 0 Å². The minimum atomic E-state index is -0.574. The number of carbonyl (C=O) groups is 1. The molecule has 0 aliphatic carbocycles. The van der Waals surface area contributed by atoms with Crippen LogP contribution in [0.15, 0.2) is 30.3 Å². The first-order valence-electron chi connectivity index (χ1n) is 5.09. The molecule has 1 aromatic carbocycles. The molecule has 3 heteroatoms. The number of hydrogen-bond donors (Lipinski definition) is 1. The normalized spacial score (nSPS) is 12.5. The van der Waals surface area contributed by atoms with Crippen molar-refractivity contribution in [3.63, 3.8) is 0 Å². The predicted molar refractivity (Wildman–Crippen MR) is 59.3 cm³/mol. The minimum absolute atomic E-state index is 0.112. The van der Waals surface area contributed by atoms with Crippen LogP contribution < -0.4 is 5.73 Å². The Kier molecular flexibility index (Phi) is 4.31. The van der Waals surface area contributed by atoms with Gasteiger partial charge < -0.3 is 10.5 Å². The molecule has 3 nitrogen and oxygen atoms in total. The quantitative estimate of drug-likeness (QED) is 0.761. The molecule has 0 saturated carbocycles. The van der Waals surface area contributed by atoms with Crippen molar-refractivity contribution in [1.82, 2.24) is 0 Å². The van der Waals surface area contributed by atoms with Gasteiger partial charge in [-0.05, 0) is 25.8 Å². The molecule has 0 aromatic heterocycles. The lowest BCUT2D eigenvalue weighted by atomic mass is 10.1. The summed E-state index contributed by atoms with van der Waals surface area (Å²) < 4.78 is 5.02. The average molecular weight is 207 g/mol. The lowest BCUT2D eigenvalue weighted by Gasteiger charge is -2.13. The molecule has 0 saturated heterocycles. The van der Waals surface area contributed by atoms with Gasteiger partial charge in [-0.2, -0.15) is 0 Å². The molecule has 0 amide bonds. The number of carbonyl (C=O) groups excluding carboxylic acids is 1. The monoisotopic (exact) mass is 207 g/mol. The minimum Gasteiger partial charge on any atom is -0.462 e. The Bertz CT molecular complexity index is 309. The van der Waals surface area contributed by atoms with Crippen LogP contribution in [0, 0.1) is 0 Å². The number of benzene rings is 1. The first kappa shape index (κ1) is 11.7. The predicted octanol–water partition coefficient (Wildman–Crippen LogP) is 1.51. The van der Waals surface area contributed by atoms with E-state index in [0.717, 1.165) is 5.56 Å². The first-order chi connectivity index (χ1) is 7.09. The molecule has 0 fully saturated rings. The highest BCUT2D eigenvalue weighted by atomic mass is 16.5. The van der Waals surface area contributed by atoms with E-state index in [0.29, 0.717) is 6.42 Å². The largest absolute Gasteiger partial charge is 0.462 e. The van der Waals surface area contributed by atoms with Crippen molar-refractivity contribution >= 4 is 5.97 Å². The van der Waals surface area contributed by atoms with Crippen LogP contribution in [0.25, 0.3) is 0 Å². The van der Waals surface area contributed by atoms with E-state index in [1.54, 1.807) is 0 Å². The molecule has 82 valence electrons. The van der Waals surface area contributed by atoms with Gasteiger partial charge in [-0.3, -0.25) is 4.79 Å². The standard InChI is InChI=1S/C12H17NO2/c1-9(2)15-12(14)11(13)8-10-6-4-3-5-7-10/h3-7,9,11H,8,13H2,1-2H3. The Balaban J connectivity index is 2.49. The summed E-state index contributed by atoms with van der Waals surface area (Å²) in [5.74, 6) is -0.339. The van der Waals surface area contributed by atoms with Crippen molar-refractivity contribution in [3.8, 4) is 0 Å². The number of nitrogens with two attached hydrogens (primary N) is 1. The third kappa shape index (κ3) is 4.13. The third-order valence-corrected chi connectivity index (χ3v) is 1.95. The van der Waals surface area contributed by atoms with Crippen LogP contribution >= 0.6 is 0 Å². The molecule has 0 heterocycles. The molecular formula is C12H17NO2. The molecular weight excluding hydrogens is 190 g/mol. The number of rotatable bonds is 4. The van der Waals surface area contributed by atoms with Crippen LogP contribution in [0.5, 0.6) is 0 Å². The van der Waals surface area contributed by atoms with E-state index in [4.69, 9.17) is 10.5 Å². The van der Waals surface area contributed by atoms with Crippen molar-refractivity contribution in [3.05, 3.63) is 35.9 Å². The molecule has 0 spiro atoms. The van der Waals surface area contributed by atoms with E-state index >= 15 is 0 Å². The Hall–Kier alpha value is -1.35. The van der Waals surface area contributed by atoms with Crippen molar-refractivity contribution in [1.29, 1.82) is 0 Å². The van der Waals surface area contributed by atoms with E-state index in [2.05, 4.69) is 0 Å². The Morgan fingerprint density at radius 2 is 1.93 bits per heavy atom. The van der Waals surface area contributed by atoms with Gasteiger partial charge in [0, 0.05) is 0 Å². The van der Waals surface area contributed by atoms with Gasteiger partial charge in [0.25, 0.3) is 0 Å². The summed E-state index contributed by atoms with van der Waals surface area (Å²) in [7, 11) is 0. The second kappa shape index (κ2) is 5.51. The topological polar surface area (TPSA) is 52.3 Å². The fourth-order valence-electron chi connectivity index (χ4n) is 1.27. The summed E-state index contributed by atoms with van der Waals surface area (Å²) in [6, 6.07) is 9.10. The van der Waals surface area contributed by atoms with E-state index in [9.17, 15) is 4.79 Å². The molecule has 1 atom stereocenters. The summed E-state index contributed by atoms with van der Waals surface area (Å²) >= 11 is 0. The highest BCUT2D eigenvalue weighted by Gasteiger charge is 2.16. The zero-order valence-electron chi connectivity index (χ0n) is 9.14. The molecule has 0 bridgehead atoms. The van der Waals surface area contributed by atoms with Crippen molar-refractivity contribution in [2.24, 2.45) is 5.73 Å². The van der Waals surface area contributed by atoms with E-state index in [-0.39, 0.29) is 12.1 Å². The molecule has 1 aromatic rings.